The smallest absolute Gasteiger partial charge is 0.325 e. The van der Waals surface area contributed by atoms with E-state index in [9.17, 15) is 9.59 Å². The number of thiazole rings is 1. The number of hydrogen-bond acceptors (Lipinski definition) is 4. The van der Waals surface area contributed by atoms with Gasteiger partial charge in [-0.05, 0) is 24.6 Å². The molecule has 0 aliphatic carbocycles. The Kier molecular flexibility index (Phi) is 3.80. The average molecular weight is 278 g/mol. The maximum absolute atomic E-state index is 11.5. The Morgan fingerprint density at radius 2 is 2.16 bits per heavy atom. The number of aryl methyl sites for hydroxylation is 1. The standard InChI is InChI=1S/C13H14N2O3S/c1-8-4-5-10-11(6-8)19-13(14-9(2)16)15(10)7-12(17)18-3/h4-6H,7H2,1-3H3. The van der Waals surface area contributed by atoms with Crippen molar-refractivity contribution in [3.05, 3.63) is 28.6 Å². The van der Waals surface area contributed by atoms with Gasteiger partial charge in [-0.15, -0.1) is 0 Å². The van der Waals surface area contributed by atoms with E-state index in [0.717, 1.165) is 15.8 Å². The highest BCUT2D eigenvalue weighted by Crippen LogP contribution is 2.19. The van der Waals surface area contributed by atoms with E-state index in [1.54, 1.807) is 4.57 Å². The number of methoxy groups -OCH3 is 1. The van der Waals surface area contributed by atoms with Crippen molar-refractivity contribution in [3.8, 4) is 0 Å². The van der Waals surface area contributed by atoms with Gasteiger partial charge < -0.3 is 9.30 Å². The molecule has 0 radical (unpaired) electrons. The van der Waals surface area contributed by atoms with E-state index in [1.807, 2.05) is 25.1 Å². The minimum Gasteiger partial charge on any atom is -0.468 e. The summed E-state index contributed by atoms with van der Waals surface area (Å²) >= 11 is 1.39. The summed E-state index contributed by atoms with van der Waals surface area (Å²) in [5.41, 5.74) is 1.99. The third kappa shape index (κ3) is 2.90. The highest BCUT2D eigenvalue weighted by Gasteiger charge is 2.10. The van der Waals surface area contributed by atoms with Crippen LogP contribution < -0.4 is 4.80 Å². The summed E-state index contributed by atoms with van der Waals surface area (Å²) < 4.78 is 7.37. The summed E-state index contributed by atoms with van der Waals surface area (Å²) in [4.78, 5) is 27.1. The van der Waals surface area contributed by atoms with Gasteiger partial charge >= 0.3 is 5.97 Å². The number of esters is 1. The molecule has 1 amide bonds. The van der Waals surface area contributed by atoms with E-state index < -0.39 is 0 Å². The lowest BCUT2D eigenvalue weighted by Gasteiger charge is -2.03. The normalized spacial score (nSPS) is 11.8. The van der Waals surface area contributed by atoms with Crippen LogP contribution in [-0.4, -0.2) is 23.6 Å². The number of nitrogens with zero attached hydrogens (tertiary/aromatic N) is 2. The van der Waals surface area contributed by atoms with Crippen LogP contribution >= 0.6 is 11.3 Å². The SMILES string of the molecule is COC(=O)Cn1c(=NC(C)=O)sc2cc(C)ccc21. The molecule has 2 rings (SSSR count). The van der Waals surface area contributed by atoms with Gasteiger partial charge in [0.2, 0.25) is 5.91 Å². The minimum absolute atomic E-state index is 0.0473. The number of rotatable bonds is 2. The van der Waals surface area contributed by atoms with Gasteiger partial charge in [-0.3, -0.25) is 9.59 Å². The number of ether oxygens (including phenoxy) is 1. The first-order chi connectivity index (χ1) is 9.01. The first-order valence-corrected chi connectivity index (χ1v) is 6.55. The molecule has 19 heavy (non-hydrogen) atoms. The molecule has 0 fully saturated rings. The molecule has 0 aliphatic rings. The van der Waals surface area contributed by atoms with Gasteiger partial charge in [-0.1, -0.05) is 17.4 Å². The number of aromatic nitrogens is 1. The second-order valence-electron chi connectivity index (χ2n) is 4.15. The fourth-order valence-corrected chi connectivity index (χ4v) is 2.92. The minimum atomic E-state index is -0.370. The predicted octanol–water partition coefficient (Wildman–Crippen LogP) is 1.63. The van der Waals surface area contributed by atoms with Crippen LogP contribution in [-0.2, 0) is 20.9 Å². The zero-order valence-electron chi connectivity index (χ0n) is 11.0. The molecule has 0 saturated heterocycles. The monoisotopic (exact) mass is 278 g/mol. The fourth-order valence-electron chi connectivity index (χ4n) is 1.75. The van der Waals surface area contributed by atoms with E-state index in [4.69, 9.17) is 0 Å². The molecule has 1 heterocycles. The molecule has 0 N–H and O–H groups in total. The topological polar surface area (TPSA) is 60.7 Å². The van der Waals surface area contributed by atoms with Gasteiger partial charge in [-0.2, -0.15) is 4.99 Å². The number of hydrogen-bond donors (Lipinski definition) is 0. The predicted molar refractivity (Wildman–Crippen MR) is 72.8 cm³/mol. The van der Waals surface area contributed by atoms with Crippen LogP contribution in [0.4, 0.5) is 0 Å². The number of amides is 1. The van der Waals surface area contributed by atoms with Crippen molar-refractivity contribution in [3.63, 3.8) is 0 Å². The van der Waals surface area contributed by atoms with E-state index >= 15 is 0 Å². The molecule has 0 unspecified atom stereocenters. The third-order valence-electron chi connectivity index (χ3n) is 2.61. The van der Waals surface area contributed by atoms with E-state index in [-0.39, 0.29) is 18.4 Å². The van der Waals surface area contributed by atoms with Crippen LogP contribution in [0.3, 0.4) is 0 Å². The highest BCUT2D eigenvalue weighted by molar-refractivity contribution is 7.16. The van der Waals surface area contributed by atoms with Gasteiger partial charge in [0.05, 0.1) is 17.3 Å². The number of carbonyl (C=O) groups excluding carboxylic acids is 2. The summed E-state index contributed by atoms with van der Waals surface area (Å²) in [7, 11) is 1.34. The Morgan fingerprint density at radius 1 is 1.42 bits per heavy atom. The van der Waals surface area contributed by atoms with Crippen molar-refractivity contribution in [2.24, 2.45) is 4.99 Å². The first kappa shape index (κ1) is 13.5. The molecule has 0 aliphatic heterocycles. The lowest BCUT2D eigenvalue weighted by molar-refractivity contribution is -0.141. The van der Waals surface area contributed by atoms with Crippen molar-refractivity contribution in [2.45, 2.75) is 20.4 Å². The summed E-state index contributed by atoms with van der Waals surface area (Å²) in [6, 6.07) is 5.89. The molecule has 0 bridgehead atoms. The van der Waals surface area contributed by atoms with Crippen molar-refractivity contribution in [2.75, 3.05) is 7.11 Å². The molecule has 2 aromatic rings. The van der Waals surface area contributed by atoms with Crippen molar-refractivity contribution in [1.82, 2.24) is 4.57 Å². The number of benzene rings is 1. The highest BCUT2D eigenvalue weighted by atomic mass is 32.1. The van der Waals surface area contributed by atoms with Crippen molar-refractivity contribution < 1.29 is 14.3 Å². The van der Waals surface area contributed by atoms with Crippen LogP contribution in [0.5, 0.6) is 0 Å². The first-order valence-electron chi connectivity index (χ1n) is 5.73. The van der Waals surface area contributed by atoms with Crippen LogP contribution in [0.2, 0.25) is 0 Å². The van der Waals surface area contributed by atoms with E-state index in [2.05, 4.69) is 9.73 Å². The second-order valence-corrected chi connectivity index (χ2v) is 5.16. The zero-order valence-corrected chi connectivity index (χ0v) is 11.8. The number of fused-ring (bicyclic) bond motifs is 1. The zero-order chi connectivity index (χ0) is 14.0. The van der Waals surface area contributed by atoms with Crippen LogP contribution in [0, 0.1) is 6.92 Å². The van der Waals surface area contributed by atoms with Gasteiger partial charge in [-0.25, -0.2) is 0 Å². The molecular formula is C13H14N2O3S. The Balaban J connectivity index is 2.68. The van der Waals surface area contributed by atoms with Crippen LogP contribution in [0.15, 0.2) is 23.2 Å². The molecule has 0 atom stereocenters. The maximum Gasteiger partial charge on any atom is 0.325 e. The quantitative estimate of drug-likeness (QED) is 0.784. The van der Waals surface area contributed by atoms with E-state index in [0.29, 0.717) is 4.80 Å². The van der Waals surface area contributed by atoms with Gasteiger partial charge in [0.15, 0.2) is 4.80 Å². The Hall–Kier alpha value is -1.95. The molecule has 1 aromatic heterocycles. The summed E-state index contributed by atoms with van der Waals surface area (Å²) in [5, 5.41) is 0. The average Bonchev–Trinajstić information content (AvgIpc) is 2.65. The van der Waals surface area contributed by atoms with Gasteiger partial charge in [0.1, 0.15) is 6.54 Å². The molecule has 0 saturated carbocycles. The summed E-state index contributed by atoms with van der Waals surface area (Å²) in [5.74, 6) is -0.660. The molecule has 1 aromatic carbocycles. The van der Waals surface area contributed by atoms with Crippen LogP contribution in [0.25, 0.3) is 10.2 Å². The summed E-state index contributed by atoms with van der Waals surface area (Å²) in [6.07, 6.45) is 0. The third-order valence-corrected chi connectivity index (χ3v) is 3.65. The van der Waals surface area contributed by atoms with E-state index in [1.165, 1.54) is 25.4 Å². The Morgan fingerprint density at radius 3 is 2.79 bits per heavy atom. The molecule has 100 valence electrons. The molecule has 6 heteroatoms. The fraction of sp³-hybridized carbons (Fsp3) is 0.308. The maximum atomic E-state index is 11.5. The lowest BCUT2D eigenvalue weighted by atomic mass is 10.2. The summed E-state index contributed by atoms with van der Waals surface area (Å²) in [6.45, 7) is 3.43. The second kappa shape index (κ2) is 5.36. The molecule has 5 nitrogen and oxygen atoms in total. The van der Waals surface area contributed by atoms with Crippen molar-refractivity contribution in [1.29, 1.82) is 0 Å². The Labute approximate surface area is 114 Å². The molecule has 0 spiro atoms. The van der Waals surface area contributed by atoms with Crippen molar-refractivity contribution >= 4 is 33.4 Å². The molecular weight excluding hydrogens is 264 g/mol. The Bertz CT molecular complexity index is 712. The lowest BCUT2D eigenvalue weighted by Crippen LogP contribution is -2.22. The van der Waals surface area contributed by atoms with Crippen LogP contribution in [0.1, 0.15) is 12.5 Å². The largest absolute Gasteiger partial charge is 0.468 e. The van der Waals surface area contributed by atoms with Gasteiger partial charge in [0, 0.05) is 6.92 Å². The van der Waals surface area contributed by atoms with Gasteiger partial charge in [0.25, 0.3) is 0 Å². The number of carbonyl (C=O) groups is 2.